The van der Waals surface area contributed by atoms with E-state index in [-0.39, 0.29) is 30.0 Å². The summed E-state index contributed by atoms with van der Waals surface area (Å²) in [5.41, 5.74) is 9.62. The van der Waals surface area contributed by atoms with Gasteiger partial charge in [-0.3, -0.25) is 0 Å². The molecule has 0 spiro atoms. The fourth-order valence-electron chi connectivity index (χ4n) is 2.69. The molecule has 0 radical (unpaired) electrons. The van der Waals surface area contributed by atoms with Crippen LogP contribution in [0.3, 0.4) is 0 Å². The highest BCUT2D eigenvalue weighted by molar-refractivity contribution is 14.0. The number of benzene rings is 2. The van der Waals surface area contributed by atoms with Gasteiger partial charge < -0.3 is 15.8 Å². The number of rotatable bonds is 4. The van der Waals surface area contributed by atoms with E-state index in [1.54, 1.807) is 7.11 Å². The summed E-state index contributed by atoms with van der Waals surface area (Å²) in [6.45, 7) is 2.15. The second kappa shape index (κ2) is 7.68. The lowest BCUT2D eigenvalue weighted by molar-refractivity contribution is 0.415. The van der Waals surface area contributed by atoms with Crippen LogP contribution >= 0.6 is 24.0 Å². The third kappa shape index (κ3) is 4.37. The second-order valence-corrected chi connectivity index (χ2v) is 5.63. The summed E-state index contributed by atoms with van der Waals surface area (Å²) in [7, 11) is 1.65. The Morgan fingerprint density at radius 3 is 2.52 bits per heavy atom. The average molecular weight is 423 g/mol. The molecule has 0 aromatic heterocycles. The molecule has 2 atom stereocenters. The monoisotopic (exact) mass is 423 g/mol. The van der Waals surface area contributed by atoms with Gasteiger partial charge in [-0.05, 0) is 48.7 Å². The maximum Gasteiger partial charge on any atom is 0.193 e. The van der Waals surface area contributed by atoms with Gasteiger partial charge in [-0.15, -0.1) is 24.0 Å². The number of hydrogen-bond donors (Lipinski definition) is 2. The van der Waals surface area contributed by atoms with Crippen LogP contribution in [-0.2, 0) is 0 Å². The largest absolute Gasteiger partial charge is 0.497 e. The molecule has 122 valence electrons. The molecule has 2 aromatic carbocycles. The van der Waals surface area contributed by atoms with Crippen LogP contribution in [-0.4, -0.2) is 19.1 Å². The number of nitrogens with one attached hydrogen (secondary N) is 1. The molecule has 1 fully saturated rings. The van der Waals surface area contributed by atoms with Crippen molar-refractivity contribution < 1.29 is 4.74 Å². The van der Waals surface area contributed by atoms with Crippen molar-refractivity contribution in [3.05, 3.63) is 59.7 Å². The van der Waals surface area contributed by atoms with Crippen LogP contribution in [0.15, 0.2) is 53.5 Å². The zero-order valence-electron chi connectivity index (χ0n) is 13.3. The van der Waals surface area contributed by atoms with Gasteiger partial charge in [0.2, 0.25) is 0 Å². The minimum atomic E-state index is 0. The lowest BCUT2D eigenvalue weighted by Gasteiger charge is -2.07. The molecule has 0 bridgehead atoms. The van der Waals surface area contributed by atoms with Gasteiger partial charge in [0.1, 0.15) is 5.75 Å². The van der Waals surface area contributed by atoms with Crippen LogP contribution < -0.4 is 15.8 Å². The number of anilines is 1. The minimum absolute atomic E-state index is 0. The SMILES string of the molecule is COc1ccc(NC(N)=NC2CC2c2ccccc2C)cc1.I. The summed E-state index contributed by atoms with van der Waals surface area (Å²) >= 11 is 0. The van der Waals surface area contributed by atoms with Gasteiger partial charge in [-0.25, -0.2) is 4.99 Å². The van der Waals surface area contributed by atoms with Crippen LogP contribution in [0, 0.1) is 6.92 Å². The van der Waals surface area contributed by atoms with Crippen LogP contribution in [0.4, 0.5) is 5.69 Å². The maximum atomic E-state index is 6.00. The van der Waals surface area contributed by atoms with E-state index in [4.69, 9.17) is 10.5 Å². The summed E-state index contributed by atoms with van der Waals surface area (Å²) in [6.07, 6.45) is 1.07. The number of guanidine groups is 1. The van der Waals surface area contributed by atoms with Crippen molar-refractivity contribution in [3.8, 4) is 5.75 Å². The molecule has 5 heteroatoms. The van der Waals surface area contributed by atoms with Crippen molar-refractivity contribution in [1.29, 1.82) is 0 Å². The second-order valence-electron chi connectivity index (χ2n) is 5.63. The van der Waals surface area contributed by atoms with Crippen LogP contribution in [0.2, 0.25) is 0 Å². The van der Waals surface area contributed by atoms with E-state index >= 15 is 0 Å². The predicted molar refractivity (Wildman–Crippen MR) is 106 cm³/mol. The van der Waals surface area contributed by atoms with E-state index in [9.17, 15) is 0 Å². The molecule has 0 aliphatic heterocycles. The molecule has 1 saturated carbocycles. The molecule has 23 heavy (non-hydrogen) atoms. The zero-order chi connectivity index (χ0) is 15.5. The van der Waals surface area contributed by atoms with Gasteiger partial charge in [-0.2, -0.15) is 0 Å². The Morgan fingerprint density at radius 1 is 1.17 bits per heavy atom. The maximum absolute atomic E-state index is 6.00. The Bertz CT molecular complexity index is 685. The molecule has 3 rings (SSSR count). The topological polar surface area (TPSA) is 59.6 Å². The number of nitrogens with zero attached hydrogens (tertiary/aromatic N) is 1. The van der Waals surface area contributed by atoms with Crippen molar-refractivity contribution in [2.75, 3.05) is 12.4 Å². The molecule has 1 aliphatic rings. The number of aliphatic imine (C=N–C) groups is 1. The molecule has 0 amide bonds. The van der Waals surface area contributed by atoms with E-state index in [2.05, 4.69) is 41.5 Å². The molecule has 0 heterocycles. The van der Waals surface area contributed by atoms with Crippen LogP contribution in [0.1, 0.15) is 23.5 Å². The minimum Gasteiger partial charge on any atom is -0.497 e. The zero-order valence-corrected chi connectivity index (χ0v) is 15.7. The predicted octanol–water partition coefficient (Wildman–Crippen LogP) is 3.90. The van der Waals surface area contributed by atoms with Crippen molar-refractivity contribution in [3.63, 3.8) is 0 Å². The number of ether oxygens (including phenoxy) is 1. The Labute approximate surface area is 154 Å². The van der Waals surface area contributed by atoms with Crippen molar-refractivity contribution in [2.24, 2.45) is 10.7 Å². The first kappa shape index (κ1) is 17.6. The first-order chi connectivity index (χ1) is 10.7. The summed E-state index contributed by atoms with van der Waals surface area (Å²) in [5, 5.41) is 3.12. The lowest BCUT2D eigenvalue weighted by Crippen LogP contribution is -2.23. The third-order valence-electron chi connectivity index (χ3n) is 4.01. The van der Waals surface area contributed by atoms with Gasteiger partial charge in [0.15, 0.2) is 5.96 Å². The highest BCUT2D eigenvalue weighted by Crippen LogP contribution is 2.44. The highest BCUT2D eigenvalue weighted by Gasteiger charge is 2.39. The smallest absolute Gasteiger partial charge is 0.193 e. The molecular formula is C18H22IN3O. The van der Waals surface area contributed by atoms with Gasteiger partial charge in [-0.1, -0.05) is 24.3 Å². The quantitative estimate of drug-likeness (QED) is 0.446. The standard InChI is InChI=1S/C18H21N3O.HI/c1-12-5-3-4-6-15(12)16-11-17(16)21-18(19)20-13-7-9-14(22-2)10-8-13;/h3-10,16-17H,11H2,1-2H3,(H3,19,20,21);1H. The molecule has 2 unspecified atom stereocenters. The summed E-state index contributed by atoms with van der Waals surface area (Å²) in [4.78, 5) is 4.58. The number of aryl methyl sites for hydroxylation is 1. The van der Waals surface area contributed by atoms with Gasteiger partial charge in [0.25, 0.3) is 0 Å². The van der Waals surface area contributed by atoms with E-state index < -0.39 is 0 Å². The van der Waals surface area contributed by atoms with Crippen LogP contribution in [0.5, 0.6) is 5.75 Å². The molecule has 3 N–H and O–H groups in total. The van der Waals surface area contributed by atoms with E-state index in [0.29, 0.717) is 11.9 Å². The fraction of sp³-hybridized carbons (Fsp3) is 0.278. The van der Waals surface area contributed by atoms with E-state index in [1.807, 2.05) is 24.3 Å². The van der Waals surface area contributed by atoms with Gasteiger partial charge >= 0.3 is 0 Å². The number of nitrogens with two attached hydrogens (primary N) is 1. The number of hydrogen-bond acceptors (Lipinski definition) is 2. The highest BCUT2D eigenvalue weighted by atomic mass is 127. The third-order valence-corrected chi connectivity index (χ3v) is 4.01. The normalized spacial score (nSPS) is 19.7. The van der Waals surface area contributed by atoms with Crippen molar-refractivity contribution in [1.82, 2.24) is 0 Å². The first-order valence-electron chi connectivity index (χ1n) is 7.47. The summed E-state index contributed by atoms with van der Waals surface area (Å²) < 4.78 is 5.13. The van der Waals surface area contributed by atoms with Crippen LogP contribution in [0.25, 0.3) is 0 Å². The van der Waals surface area contributed by atoms with E-state index in [1.165, 1.54) is 11.1 Å². The van der Waals surface area contributed by atoms with Gasteiger partial charge in [0, 0.05) is 11.6 Å². The average Bonchev–Trinajstić information content (AvgIpc) is 3.27. The Hall–Kier alpha value is -1.76. The van der Waals surface area contributed by atoms with Gasteiger partial charge in [0.05, 0.1) is 13.2 Å². The number of methoxy groups -OCH3 is 1. The van der Waals surface area contributed by atoms with Crippen molar-refractivity contribution >= 4 is 35.6 Å². The summed E-state index contributed by atoms with van der Waals surface area (Å²) in [5.74, 6) is 1.78. The fourth-order valence-corrected chi connectivity index (χ4v) is 2.69. The lowest BCUT2D eigenvalue weighted by atomic mass is 10.0. The Morgan fingerprint density at radius 2 is 1.87 bits per heavy atom. The first-order valence-corrected chi connectivity index (χ1v) is 7.47. The molecule has 4 nitrogen and oxygen atoms in total. The Kier molecular flexibility index (Phi) is 5.87. The molecule has 0 saturated heterocycles. The molecular weight excluding hydrogens is 401 g/mol. The van der Waals surface area contributed by atoms with E-state index in [0.717, 1.165) is 17.9 Å². The summed E-state index contributed by atoms with van der Waals surface area (Å²) in [6, 6.07) is 16.4. The van der Waals surface area contributed by atoms with Crippen molar-refractivity contribution in [2.45, 2.75) is 25.3 Å². The Balaban J connectivity index is 0.00000192. The number of halogens is 1. The molecule has 1 aliphatic carbocycles. The molecule has 2 aromatic rings.